The van der Waals surface area contributed by atoms with E-state index in [1.165, 1.54) is 5.56 Å². The van der Waals surface area contributed by atoms with Gasteiger partial charge in [-0.25, -0.2) is 9.97 Å². The third-order valence-corrected chi connectivity index (χ3v) is 6.45. The zero-order chi connectivity index (χ0) is 19.6. The Bertz CT molecular complexity index is 924. The Labute approximate surface area is 193 Å². The Kier molecular flexibility index (Phi) is 8.43. The molecule has 1 aliphatic rings. The summed E-state index contributed by atoms with van der Waals surface area (Å²) in [5.41, 5.74) is 9.32. The predicted octanol–water partition coefficient (Wildman–Crippen LogP) is 3.50. The van der Waals surface area contributed by atoms with Crippen LogP contribution in [0.1, 0.15) is 34.8 Å². The average Bonchev–Trinajstić information content (AvgIpc) is 3.40. The molecule has 0 radical (unpaired) electrons. The molecule has 162 valence electrons. The molecule has 1 atom stereocenters. The molecule has 1 fully saturated rings. The number of likely N-dealkylation sites (tertiary alicyclic amines) is 1. The number of thiazole rings is 1. The molecule has 9 heteroatoms. The summed E-state index contributed by atoms with van der Waals surface area (Å²) >= 11 is 1.68. The smallest absolute Gasteiger partial charge is 0.239 e. The van der Waals surface area contributed by atoms with Crippen LogP contribution < -0.4 is 5.73 Å². The normalized spacial score (nSPS) is 16.3. The van der Waals surface area contributed by atoms with Gasteiger partial charge in [-0.05, 0) is 25.3 Å². The molecule has 1 saturated heterocycles. The van der Waals surface area contributed by atoms with Gasteiger partial charge in [0.15, 0.2) is 0 Å². The molecule has 4 rings (SSSR count). The molecule has 1 aliphatic heterocycles. The SMILES string of the molecule is Cc1nc(C2(c3ccccc3)CCN(C(=O)[C@@H](N)Cc3cnc[nH]3)CC2)cs1.Cl.Cl. The second kappa shape index (κ2) is 10.4. The Hall–Kier alpha value is -1.93. The van der Waals surface area contributed by atoms with Gasteiger partial charge in [0.1, 0.15) is 0 Å². The summed E-state index contributed by atoms with van der Waals surface area (Å²) in [7, 11) is 0. The first-order chi connectivity index (χ1) is 13.6. The molecule has 3 N–H and O–H groups in total. The number of carbonyl (C=O) groups is 1. The number of imidazole rings is 1. The van der Waals surface area contributed by atoms with E-state index in [0.29, 0.717) is 19.5 Å². The summed E-state index contributed by atoms with van der Waals surface area (Å²) < 4.78 is 0. The summed E-state index contributed by atoms with van der Waals surface area (Å²) in [5.74, 6) is 0.00530. The van der Waals surface area contributed by atoms with E-state index in [2.05, 4.69) is 39.6 Å². The van der Waals surface area contributed by atoms with Crippen LogP contribution >= 0.6 is 36.2 Å². The topological polar surface area (TPSA) is 87.9 Å². The molecule has 1 amide bonds. The van der Waals surface area contributed by atoms with Crippen LogP contribution in [0.15, 0.2) is 48.2 Å². The number of amides is 1. The lowest BCUT2D eigenvalue weighted by atomic mass is 9.70. The average molecular weight is 468 g/mol. The fraction of sp³-hybridized carbons (Fsp3) is 0.381. The van der Waals surface area contributed by atoms with E-state index in [4.69, 9.17) is 10.7 Å². The third kappa shape index (κ3) is 4.86. The van der Waals surface area contributed by atoms with Crippen molar-refractivity contribution in [3.8, 4) is 0 Å². The molecule has 1 aromatic carbocycles. The van der Waals surface area contributed by atoms with Crippen molar-refractivity contribution in [1.82, 2.24) is 19.9 Å². The summed E-state index contributed by atoms with van der Waals surface area (Å²) in [4.78, 5) is 26.6. The summed E-state index contributed by atoms with van der Waals surface area (Å²) in [6.07, 6.45) is 5.50. The van der Waals surface area contributed by atoms with Gasteiger partial charge < -0.3 is 15.6 Å². The highest BCUT2D eigenvalue weighted by Gasteiger charge is 2.41. The maximum atomic E-state index is 12.9. The molecule has 0 aliphatic carbocycles. The van der Waals surface area contributed by atoms with Gasteiger partial charge in [0.25, 0.3) is 0 Å². The largest absolute Gasteiger partial charge is 0.348 e. The van der Waals surface area contributed by atoms with E-state index >= 15 is 0 Å². The molecule has 30 heavy (non-hydrogen) atoms. The van der Waals surface area contributed by atoms with Crippen LogP contribution in [0.3, 0.4) is 0 Å². The summed E-state index contributed by atoms with van der Waals surface area (Å²) in [5, 5.41) is 3.24. The Balaban J connectivity index is 0.00000160. The van der Waals surface area contributed by atoms with Crippen LogP contribution in [0.5, 0.6) is 0 Å². The molecule has 3 heterocycles. The number of aryl methyl sites for hydroxylation is 1. The second-order valence-corrected chi connectivity index (χ2v) is 8.47. The van der Waals surface area contributed by atoms with Crippen molar-refractivity contribution in [3.63, 3.8) is 0 Å². The van der Waals surface area contributed by atoms with Crippen LogP contribution in [0.2, 0.25) is 0 Å². The minimum Gasteiger partial charge on any atom is -0.348 e. The lowest BCUT2D eigenvalue weighted by molar-refractivity contribution is -0.134. The molecule has 0 bridgehead atoms. The fourth-order valence-electron chi connectivity index (χ4n) is 4.10. The number of nitrogens with one attached hydrogen (secondary N) is 1. The number of nitrogens with two attached hydrogens (primary N) is 1. The number of carbonyl (C=O) groups excluding carboxylic acids is 1. The quantitative estimate of drug-likeness (QED) is 0.600. The predicted molar refractivity (Wildman–Crippen MR) is 125 cm³/mol. The highest BCUT2D eigenvalue weighted by atomic mass is 35.5. The number of benzene rings is 1. The Morgan fingerprint density at radius 2 is 1.97 bits per heavy atom. The fourth-order valence-corrected chi connectivity index (χ4v) is 4.81. The number of halogens is 2. The van der Waals surface area contributed by atoms with Gasteiger partial charge in [-0.2, -0.15) is 0 Å². The van der Waals surface area contributed by atoms with E-state index in [9.17, 15) is 4.79 Å². The van der Waals surface area contributed by atoms with Crippen LogP contribution in [0.25, 0.3) is 0 Å². The molecular weight excluding hydrogens is 441 g/mol. The first-order valence-corrected chi connectivity index (χ1v) is 10.5. The van der Waals surface area contributed by atoms with Gasteiger partial charge in [0.05, 0.1) is 23.1 Å². The highest BCUT2D eigenvalue weighted by molar-refractivity contribution is 7.09. The minimum atomic E-state index is -0.550. The van der Waals surface area contributed by atoms with E-state index in [1.807, 2.05) is 17.9 Å². The van der Waals surface area contributed by atoms with Gasteiger partial charge in [-0.15, -0.1) is 36.2 Å². The van der Waals surface area contributed by atoms with Gasteiger partial charge in [0, 0.05) is 42.2 Å². The zero-order valence-corrected chi connectivity index (χ0v) is 19.2. The first kappa shape index (κ1) is 24.3. The van der Waals surface area contributed by atoms with Crippen molar-refractivity contribution in [2.45, 2.75) is 37.6 Å². The standard InChI is InChI=1S/C21H25N5OS.2ClH/c1-15-25-19(13-28-15)21(16-5-3-2-4-6-16)7-9-26(10-8-21)20(27)18(22)11-17-12-23-14-24-17;;/h2-6,12-14,18H,7-11,22H2,1H3,(H,23,24);2*1H/t18-;;/m0../s1. The Morgan fingerprint density at radius 1 is 1.27 bits per heavy atom. The minimum absolute atomic E-state index is 0. The maximum absolute atomic E-state index is 12.9. The third-order valence-electron chi connectivity index (χ3n) is 5.68. The van der Waals surface area contributed by atoms with E-state index in [-0.39, 0.29) is 36.1 Å². The van der Waals surface area contributed by atoms with Gasteiger partial charge in [-0.3, -0.25) is 4.79 Å². The van der Waals surface area contributed by atoms with Crippen molar-refractivity contribution < 1.29 is 4.79 Å². The number of aromatic amines is 1. The number of nitrogens with zero attached hydrogens (tertiary/aromatic N) is 3. The molecule has 3 aromatic rings. The monoisotopic (exact) mass is 467 g/mol. The lowest BCUT2D eigenvalue weighted by Crippen LogP contribution is -2.51. The van der Waals surface area contributed by atoms with Crippen molar-refractivity contribution in [3.05, 3.63) is 70.2 Å². The van der Waals surface area contributed by atoms with Crippen molar-refractivity contribution >= 4 is 42.1 Å². The first-order valence-electron chi connectivity index (χ1n) is 9.58. The van der Waals surface area contributed by atoms with Gasteiger partial charge in [0.2, 0.25) is 5.91 Å². The number of H-pyrrole nitrogens is 1. The maximum Gasteiger partial charge on any atom is 0.239 e. The van der Waals surface area contributed by atoms with Gasteiger partial charge >= 0.3 is 0 Å². The van der Waals surface area contributed by atoms with Crippen molar-refractivity contribution in [2.24, 2.45) is 5.73 Å². The lowest BCUT2D eigenvalue weighted by Gasteiger charge is -2.42. The van der Waals surface area contributed by atoms with Crippen LogP contribution in [-0.2, 0) is 16.6 Å². The van der Waals surface area contributed by atoms with Crippen LogP contribution in [0.4, 0.5) is 0 Å². The molecule has 0 saturated carbocycles. The highest BCUT2D eigenvalue weighted by Crippen LogP contribution is 2.42. The molecule has 6 nitrogen and oxygen atoms in total. The van der Waals surface area contributed by atoms with E-state index < -0.39 is 6.04 Å². The number of aromatic nitrogens is 3. The van der Waals surface area contributed by atoms with Crippen molar-refractivity contribution in [2.75, 3.05) is 13.1 Å². The summed E-state index contributed by atoms with van der Waals surface area (Å²) in [6.45, 7) is 3.40. The van der Waals surface area contributed by atoms with E-state index in [0.717, 1.165) is 29.2 Å². The van der Waals surface area contributed by atoms with Gasteiger partial charge in [-0.1, -0.05) is 30.3 Å². The number of hydrogen-bond acceptors (Lipinski definition) is 5. The number of rotatable bonds is 5. The van der Waals surface area contributed by atoms with Crippen molar-refractivity contribution in [1.29, 1.82) is 0 Å². The molecule has 2 aromatic heterocycles. The summed E-state index contributed by atoms with van der Waals surface area (Å²) in [6, 6.07) is 10.00. The van der Waals surface area contributed by atoms with Crippen LogP contribution in [0, 0.1) is 6.92 Å². The zero-order valence-electron chi connectivity index (χ0n) is 16.8. The number of piperidine rings is 1. The molecular formula is C21H27Cl2N5OS. The molecule has 0 unspecified atom stereocenters. The second-order valence-electron chi connectivity index (χ2n) is 7.41. The Morgan fingerprint density at radius 3 is 2.53 bits per heavy atom. The van der Waals surface area contributed by atoms with Crippen LogP contribution in [-0.4, -0.2) is 44.9 Å². The number of hydrogen-bond donors (Lipinski definition) is 2. The van der Waals surface area contributed by atoms with E-state index in [1.54, 1.807) is 23.9 Å². The molecule has 0 spiro atoms.